The van der Waals surface area contributed by atoms with Gasteiger partial charge >= 0.3 is 0 Å². The number of rotatable bonds is 3. The second kappa shape index (κ2) is 4.92. The first-order valence-electron chi connectivity index (χ1n) is 10.0. The van der Waals surface area contributed by atoms with Crippen LogP contribution in [0.25, 0.3) is 0 Å². The molecule has 140 valence electrons. The van der Waals surface area contributed by atoms with Crippen LogP contribution in [0.3, 0.4) is 0 Å². The Hall–Kier alpha value is -1.36. The molecule has 1 aromatic rings. The molecule has 2 aliphatic heterocycles. The molecule has 5 aliphatic rings. The van der Waals surface area contributed by atoms with Gasteiger partial charge in [-0.15, -0.1) is 0 Å². The lowest BCUT2D eigenvalue weighted by atomic mass is 9.49. The molecule has 2 bridgehead atoms. The maximum atomic E-state index is 15.7. The Kier molecular flexibility index (Phi) is 2.96. The average molecular weight is 361 g/mol. The minimum Gasteiger partial charge on any atom is -0.493 e. The smallest absolute Gasteiger partial charge is 0.287 e. The monoisotopic (exact) mass is 361 g/mol. The van der Waals surface area contributed by atoms with Crippen molar-refractivity contribution < 1.29 is 18.3 Å². The van der Waals surface area contributed by atoms with E-state index >= 15 is 8.78 Å². The Bertz CT molecular complexity index is 778. The Balaban J connectivity index is 1.55. The van der Waals surface area contributed by atoms with Crippen molar-refractivity contribution in [3.05, 3.63) is 23.3 Å². The molecule has 5 heteroatoms. The van der Waals surface area contributed by atoms with Gasteiger partial charge in [0, 0.05) is 22.9 Å². The van der Waals surface area contributed by atoms with Gasteiger partial charge in [-0.05, 0) is 55.7 Å². The number of methoxy groups -OCH3 is 1. The predicted octanol–water partition coefficient (Wildman–Crippen LogP) is 3.68. The van der Waals surface area contributed by atoms with E-state index in [1.807, 2.05) is 6.07 Å². The summed E-state index contributed by atoms with van der Waals surface area (Å²) < 4.78 is 43.1. The molecule has 1 spiro atoms. The molecular formula is C21H25F2NO2. The van der Waals surface area contributed by atoms with Crippen molar-refractivity contribution in [3.63, 3.8) is 0 Å². The van der Waals surface area contributed by atoms with Crippen LogP contribution in [0.1, 0.15) is 43.2 Å². The number of alkyl halides is 2. The minimum absolute atomic E-state index is 0.241. The standard InChI is InChI=1S/C21H25F2NO2/c1-25-16-5-4-12-9-15-14-10-13(8-11-2-3-11)21(22,23)19-20(14,6-7-24-15)17(12)18(16)26-19/h4-5,11,13-15,19,24H,2-3,6-10H2,1H3/t13?,14-,15+,19?,20-/m0/s1. The third-order valence-electron chi connectivity index (χ3n) is 7.88. The van der Waals surface area contributed by atoms with E-state index in [4.69, 9.17) is 9.47 Å². The number of piperidine rings is 1. The first kappa shape index (κ1) is 15.7. The summed E-state index contributed by atoms with van der Waals surface area (Å²) in [6, 6.07) is 4.24. The molecule has 2 unspecified atom stereocenters. The molecule has 0 amide bonds. The lowest BCUT2D eigenvalue weighted by Gasteiger charge is -2.58. The lowest BCUT2D eigenvalue weighted by molar-refractivity contribution is -0.206. The zero-order valence-corrected chi connectivity index (χ0v) is 15.1. The Morgan fingerprint density at radius 1 is 1.31 bits per heavy atom. The second-order valence-corrected chi connectivity index (χ2v) is 9.08. The molecule has 5 atom stereocenters. The number of hydrogen-bond acceptors (Lipinski definition) is 3. The van der Waals surface area contributed by atoms with E-state index in [1.54, 1.807) is 7.11 Å². The summed E-state index contributed by atoms with van der Waals surface area (Å²) >= 11 is 0. The van der Waals surface area contributed by atoms with Gasteiger partial charge in [0.25, 0.3) is 5.92 Å². The van der Waals surface area contributed by atoms with E-state index in [1.165, 1.54) is 5.56 Å². The lowest BCUT2D eigenvalue weighted by Crippen LogP contribution is -2.69. The third-order valence-corrected chi connectivity index (χ3v) is 7.88. The highest BCUT2D eigenvalue weighted by Crippen LogP contribution is 2.67. The quantitative estimate of drug-likeness (QED) is 0.891. The van der Waals surface area contributed by atoms with Gasteiger partial charge in [-0.2, -0.15) is 0 Å². The topological polar surface area (TPSA) is 30.5 Å². The van der Waals surface area contributed by atoms with Gasteiger partial charge in [0.15, 0.2) is 17.6 Å². The Morgan fingerprint density at radius 2 is 2.15 bits per heavy atom. The molecule has 0 aromatic heterocycles. The van der Waals surface area contributed by atoms with Crippen molar-refractivity contribution in [1.82, 2.24) is 5.32 Å². The van der Waals surface area contributed by atoms with E-state index in [9.17, 15) is 0 Å². The van der Waals surface area contributed by atoms with Crippen LogP contribution in [0.5, 0.6) is 11.5 Å². The maximum Gasteiger partial charge on any atom is 0.287 e. The van der Waals surface area contributed by atoms with Crippen LogP contribution in [-0.4, -0.2) is 31.7 Å². The molecule has 2 saturated carbocycles. The summed E-state index contributed by atoms with van der Waals surface area (Å²) in [5.41, 5.74) is 1.68. The molecule has 1 aromatic carbocycles. The SMILES string of the molecule is COc1ccc2c3c1OC1C(F)(F)C(CC4CC4)C[C@H]4[C@@H](C2)NCC[C@]314. The zero-order valence-electron chi connectivity index (χ0n) is 15.1. The number of nitrogens with one attached hydrogen (secondary N) is 1. The normalized spacial score (nSPS) is 41.3. The third kappa shape index (κ3) is 1.76. The molecular weight excluding hydrogens is 336 g/mol. The maximum absolute atomic E-state index is 15.7. The van der Waals surface area contributed by atoms with E-state index in [2.05, 4.69) is 11.4 Å². The predicted molar refractivity (Wildman–Crippen MR) is 93.1 cm³/mol. The van der Waals surface area contributed by atoms with E-state index in [0.717, 1.165) is 37.8 Å². The highest BCUT2D eigenvalue weighted by molar-refractivity contribution is 5.61. The van der Waals surface area contributed by atoms with Crippen LogP contribution in [0.4, 0.5) is 8.78 Å². The molecule has 26 heavy (non-hydrogen) atoms. The zero-order chi connectivity index (χ0) is 17.7. The van der Waals surface area contributed by atoms with E-state index in [-0.39, 0.29) is 5.92 Å². The van der Waals surface area contributed by atoms with Crippen molar-refractivity contribution in [3.8, 4) is 11.5 Å². The first-order valence-corrected chi connectivity index (χ1v) is 10.0. The van der Waals surface area contributed by atoms with Gasteiger partial charge in [-0.3, -0.25) is 0 Å². The number of ether oxygens (including phenoxy) is 2. The number of benzene rings is 1. The molecule has 3 fully saturated rings. The van der Waals surface area contributed by atoms with Gasteiger partial charge in [0.2, 0.25) is 0 Å². The molecule has 3 nitrogen and oxygen atoms in total. The first-order chi connectivity index (χ1) is 12.6. The molecule has 2 heterocycles. The molecule has 0 radical (unpaired) electrons. The van der Waals surface area contributed by atoms with Crippen LogP contribution < -0.4 is 14.8 Å². The average Bonchev–Trinajstić information content (AvgIpc) is 3.36. The van der Waals surface area contributed by atoms with Crippen molar-refractivity contribution in [1.29, 1.82) is 0 Å². The molecule has 6 rings (SSSR count). The summed E-state index contributed by atoms with van der Waals surface area (Å²) in [6.45, 7) is 0.792. The van der Waals surface area contributed by atoms with Crippen molar-refractivity contribution in [2.75, 3.05) is 13.7 Å². The molecule has 1 saturated heterocycles. The van der Waals surface area contributed by atoms with Crippen LogP contribution in [0.2, 0.25) is 0 Å². The van der Waals surface area contributed by atoms with Gasteiger partial charge in [0.1, 0.15) is 0 Å². The van der Waals surface area contributed by atoms with Crippen LogP contribution in [0, 0.1) is 17.8 Å². The van der Waals surface area contributed by atoms with E-state index in [0.29, 0.717) is 36.3 Å². The summed E-state index contributed by atoms with van der Waals surface area (Å²) in [5, 5.41) is 3.64. The van der Waals surface area contributed by atoms with Crippen molar-refractivity contribution in [2.45, 2.75) is 62.0 Å². The number of halogens is 2. The molecule has 1 N–H and O–H groups in total. The Labute approximate surface area is 152 Å². The summed E-state index contributed by atoms with van der Waals surface area (Å²) in [4.78, 5) is 0. The van der Waals surface area contributed by atoms with Crippen molar-refractivity contribution >= 4 is 0 Å². The van der Waals surface area contributed by atoms with Crippen LogP contribution >= 0.6 is 0 Å². The fourth-order valence-corrected chi connectivity index (χ4v) is 6.64. The van der Waals surface area contributed by atoms with Gasteiger partial charge in [-0.1, -0.05) is 18.9 Å². The Morgan fingerprint density at radius 3 is 2.92 bits per heavy atom. The largest absolute Gasteiger partial charge is 0.493 e. The summed E-state index contributed by atoms with van der Waals surface area (Å²) in [6.07, 6.45) is 4.13. The van der Waals surface area contributed by atoms with Gasteiger partial charge in [-0.25, -0.2) is 8.78 Å². The number of hydrogen-bond donors (Lipinski definition) is 1. The fourth-order valence-electron chi connectivity index (χ4n) is 6.64. The highest BCUT2D eigenvalue weighted by Gasteiger charge is 2.72. The van der Waals surface area contributed by atoms with Crippen LogP contribution in [-0.2, 0) is 11.8 Å². The van der Waals surface area contributed by atoms with Crippen LogP contribution in [0.15, 0.2) is 12.1 Å². The molecule has 3 aliphatic carbocycles. The highest BCUT2D eigenvalue weighted by atomic mass is 19.3. The second-order valence-electron chi connectivity index (χ2n) is 9.08. The summed E-state index contributed by atoms with van der Waals surface area (Å²) in [5.74, 6) is -1.37. The minimum atomic E-state index is -2.78. The summed E-state index contributed by atoms with van der Waals surface area (Å²) in [7, 11) is 1.60. The van der Waals surface area contributed by atoms with Gasteiger partial charge < -0.3 is 14.8 Å². The van der Waals surface area contributed by atoms with E-state index < -0.39 is 23.4 Å². The van der Waals surface area contributed by atoms with Crippen molar-refractivity contribution in [2.24, 2.45) is 17.8 Å². The fraction of sp³-hybridized carbons (Fsp3) is 0.714. The van der Waals surface area contributed by atoms with Gasteiger partial charge in [0.05, 0.1) is 7.11 Å².